The zero-order chi connectivity index (χ0) is 19.9. The normalized spacial score (nSPS) is 10.9. The highest BCUT2D eigenvalue weighted by molar-refractivity contribution is 5.91. The second kappa shape index (κ2) is 14.1. The maximum absolute atomic E-state index is 11.7. The summed E-state index contributed by atoms with van der Waals surface area (Å²) >= 11 is 0. The summed E-state index contributed by atoms with van der Waals surface area (Å²) in [6.45, 7) is 3.69. The van der Waals surface area contributed by atoms with Gasteiger partial charge in [-0.15, -0.1) is 0 Å². The molecule has 0 aliphatic heterocycles. The summed E-state index contributed by atoms with van der Waals surface area (Å²) in [5.74, 6) is -1.10. The van der Waals surface area contributed by atoms with Gasteiger partial charge in [0.15, 0.2) is 0 Å². The molecule has 1 aromatic carbocycles. The quantitative estimate of drug-likeness (QED) is 0.211. The molecule has 0 unspecified atom stereocenters. The highest BCUT2D eigenvalue weighted by Gasteiger charge is 2.10. The summed E-state index contributed by atoms with van der Waals surface area (Å²) in [5, 5.41) is 17.8. The Morgan fingerprint density at radius 1 is 1.00 bits per heavy atom. The molecule has 9 heteroatoms. The highest BCUT2D eigenvalue weighted by atomic mass is 16.5. The van der Waals surface area contributed by atoms with Crippen molar-refractivity contribution in [2.24, 2.45) is 17.4 Å². The predicted molar refractivity (Wildman–Crippen MR) is 105 cm³/mol. The Morgan fingerprint density at radius 2 is 1.59 bits per heavy atom. The molecule has 9 nitrogen and oxygen atoms in total. The fraction of sp³-hybridized carbons (Fsp3) is 0.556. The summed E-state index contributed by atoms with van der Waals surface area (Å²) < 4.78 is 4.76. The van der Waals surface area contributed by atoms with E-state index in [2.05, 4.69) is 16.0 Å². The van der Waals surface area contributed by atoms with Crippen molar-refractivity contribution in [3.8, 4) is 0 Å². The molecule has 0 radical (unpaired) electrons. The molecule has 27 heavy (non-hydrogen) atoms. The number of aliphatic carboxylic acids is 1. The molecular formula is C18H31N5O4. The molecule has 0 heterocycles. The van der Waals surface area contributed by atoms with Gasteiger partial charge in [0.2, 0.25) is 5.91 Å². The van der Waals surface area contributed by atoms with E-state index in [0.717, 1.165) is 38.2 Å². The number of anilines is 1. The van der Waals surface area contributed by atoms with Crippen LogP contribution < -0.4 is 27.4 Å². The van der Waals surface area contributed by atoms with Crippen LogP contribution in [-0.2, 0) is 20.7 Å². The molecule has 0 spiro atoms. The van der Waals surface area contributed by atoms with Crippen LogP contribution in [0.25, 0.3) is 0 Å². The maximum atomic E-state index is 11.7. The van der Waals surface area contributed by atoms with E-state index in [-0.39, 0.29) is 12.5 Å². The van der Waals surface area contributed by atoms with Crippen molar-refractivity contribution >= 4 is 17.6 Å². The minimum atomic E-state index is -1.11. The lowest BCUT2D eigenvalue weighted by molar-refractivity contribution is -0.143. The lowest BCUT2D eigenvalue weighted by Crippen LogP contribution is -2.36. The number of amides is 1. The average Bonchev–Trinajstić information content (AvgIpc) is 2.63. The van der Waals surface area contributed by atoms with Gasteiger partial charge in [-0.1, -0.05) is 12.1 Å². The Labute approximate surface area is 159 Å². The lowest BCUT2D eigenvalue weighted by Gasteiger charge is -2.18. The van der Waals surface area contributed by atoms with Crippen molar-refractivity contribution in [2.75, 3.05) is 57.8 Å². The monoisotopic (exact) mass is 381 g/mol. The van der Waals surface area contributed by atoms with Gasteiger partial charge in [-0.05, 0) is 43.1 Å². The molecule has 1 aromatic rings. The van der Waals surface area contributed by atoms with Crippen molar-refractivity contribution in [1.82, 2.24) is 10.6 Å². The molecule has 0 fully saturated rings. The molecule has 1 amide bonds. The number of nitrogens with one attached hydrogen (secondary N) is 3. The van der Waals surface area contributed by atoms with Crippen LogP contribution in [0, 0.1) is 5.92 Å². The maximum Gasteiger partial charge on any atom is 0.329 e. The molecule has 0 atom stereocenters. The van der Waals surface area contributed by atoms with E-state index in [9.17, 15) is 9.59 Å². The van der Waals surface area contributed by atoms with E-state index < -0.39 is 12.6 Å². The van der Waals surface area contributed by atoms with Gasteiger partial charge < -0.3 is 37.3 Å². The third-order valence-electron chi connectivity index (χ3n) is 3.73. The zero-order valence-corrected chi connectivity index (χ0v) is 15.6. The van der Waals surface area contributed by atoms with Gasteiger partial charge in [0, 0.05) is 31.9 Å². The Bertz CT molecular complexity index is 543. The number of hydrogen-bond donors (Lipinski definition) is 6. The summed E-state index contributed by atoms with van der Waals surface area (Å²) in [6, 6.07) is 7.57. The van der Waals surface area contributed by atoms with Crippen LogP contribution in [0.15, 0.2) is 24.3 Å². The fourth-order valence-corrected chi connectivity index (χ4v) is 2.52. The van der Waals surface area contributed by atoms with Gasteiger partial charge in [-0.3, -0.25) is 4.79 Å². The summed E-state index contributed by atoms with van der Waals surface area (Å²) in [7, 11) is 0. The van der Waals surface area contributed by atoms with E-state index in [1.807, 2.05) is 24.3 Å². The van der Waals surface area contributed by atoms with Crippen LogP contribution in [0.3, 0.4) is 0 Å². The number of carbonyl (C=O) groups is 2. The third kappa shape index (κ3) is 11.3. The molecule has 8 N–H and O–H groups in total. The van der Waals surface area contributed by atoms with Crippen LogP contribution in [0.2, 0.25) is 0 Å². The summed E-state index contributed by atoms with van der Waals surface area (Å²) in [4.78, 5) is 22.0. The number of rotatable bonds is 15. The van der Waals surface area contributed by atoms with Crippen LogP contribution in [0.4, 0.5) is 5.69 Å². The van der Waals surface area contributed by atoms with Crippen molar-refractivity contribution in [3.63, 3.8) is 0 Å². The van der Waals surface area contributed by atoms with Crippen molar-refractivity contribution in [3.05, 3.63) is 29.8 Å². The van der Waals surface area contributed by atoms with E-state index >= 15 is 0 Å². The minimum absolute atomic E-state index is 0.296. The molecule has 0 aliphatic carbocycles. The third-order valence-corrected chi connectivity index (χ3v) is 3.73. The van der Waals surface area contributed by atoms with Gasteiger partial charge in [0.05, 0.1) is 0 Å². The number of benzene rings is 1. The molecule has 0 aliphatic rings. The van der Waals surface area contributed by atoms with Crippen molar-refractivity contribution < 1.29 is 19.4 Å². The van der Waals surface area contributed by atoms with E-state index in [0.29, 0.717) is 24.7 Å². The first-order valence-corrected chi connectivity index (χ1v) is 9.05. The standard InChI is InChI=1S/C18H31N5O4/c19-5-7-21-10-15(11-22-8-6-20)9-14-1-3-16(4-2-14)23-17(24)12-27-13-18(25)26/h1-4,15,21-22H,5-13,19-20H2,(H,23,24)(H,25,26). The molecule has 152 valence electrons. The Morgan fingerprint density at radius 3 is 2.11 bits per heavy atom. The number of carboxylic acids is 1. The molecule has 0 aromatic heterocycles. The summed E-state index contributed by atoms with van der Waals surface area (Å²) in [5.41, 5.74) is 12.8. The molecule has 1 rings (SSSR count). The summed E-state index contributed by atoms with van der Waals surface area (Å²) in [6.07, 6.45) is 0.880. The minimum Gasteiger partial charge on any atom is -0.480 e. The van der Waals surface area contributed by atoms with Gasteiger partial charge in [-0.2, -0.15) is 0 Å². The number of carbonyl (C=O) groups excluding carboxylic acids is 1. The van der Waals surface area contributed by atoms with Gasteiger partial charge in [-0.25, -0.2) is 4.79 Å². The first-order valence-electron chi connectivity index (χ1n) is 9.05. The molecule has 0 saturated carbocycles. The average molecular weight is 381 g/mol. The molecule has 0 saturated heterocycles. The first kappa shape index (κ1) is 23.0. The second-order valence-electron chi connectivity index (χ2n) is 6.19. The second-order valence-corrected chi connectivity index (χ2v) is 6.19. The van der Waals surface area contributed by atoms with Gasteiger partial charge in [0.1, 0.15) is 13.2 Å². The Kier molecular flexibility index (Phi) is 12.0. The van der Waals surface area contributed by atoms with Crippen LogP contribution in [0.1, 0.15) is 5.56 Å². The van der Waals surface area contributed by atoms with Crippen LogP contribution in [0.5, 0.6) is 0 Å². The Hall–Kier alpha value is -2.04. The highest BCUT2D eigenvalue weighted by Crippen LogP contribution is 2.13. The van der Waals surface area contributed by atoms with Crippen LogP contribution >= 0.6 is 0 Å². The van der Waals surface area contributed by atoms with Crippen LogP contribution in [-0.4, -0.2) is 69.5 Å². The number of carboxylic acid groups (broad SMARTS) is 1. The van der Waals surface area contributed by atoms with Crippen molar-refractivity contribution in [2.45, 2.75) is 6.42 Å². The van der Waals surface area contributed by atoms with E-state index in [1.54, 1.807) is 0 Å². The molecular weight excluding hydrogens is 350 g/mol. The topological polar surface area (TPSA) is 152 Å². The number of nitrogens with two attached hydrogens (primary N) is 2. The SMILES string of the molecule is NCCNCC(CNCCN)Cc1ccc(NC(=O)COCC(=O)O)cc1. The fourth-order valence-electron chi connectivity index (χ4n) is 2.52. The molecule has 0 bridgehead atoms. The van der Waals surface area contributed by atoms with Gasteiger partial charge >= 0.3 is 5.97 Å². The largest absolute Gasteiger partial charge is 0.480 e. The first-order chi connectivity index (χ1) is 13.0. The number of ether oxygens (including phenoxy) is 1. The van der Waals surface area contributed by atoms with Gasteiger partial charge in [0.25, 0.3) is 0 Å². The number of hydrogen-bond acceptors (Lipinski definition) is 7. The van der Waals surface area contributed by atoms with Crippen molar-refractivity contribution in [1.29, 1.82) is 0 Å². The zero-order valence-electron chi connectivity index (χ0n) is 15.6. The van der Waals surface area contributed by atoms with E-state index in [4.69, 9.17) is 21.3 Å². The predicted octanol–water partition coefficient (Wildman–Crippen LogP) is -1.02. The van der Waals surface area contributed by atoms with E-state index in [1.165, 1.54) is 0 Å². The Balaban J connectivity index is 2.48. The lowest BCUT2D eigenvalue weighted by atomic mass is 9.98. The smallest absolute Gasteiger partial charge is 0.329 e.